The van der Waals surface area contributed by atoms with Gasteiger partial charge in [-0.05, 0) is 28.9 Å². The van der Waals surface area contributed by atoms with Crippen molar-refractivity contribution in [2.45, 2.75) is 19.9 Å². The second kappa shape index (κ2) is 5.25. The van der Waals surface area contributed by atoms with Gasteiger partial charge >= 0.3 is 0 Å². The Balaban J connectivity index is 2.72. The highest BCUT2D eigenvalue weighted by atomic mass is 79.9. The van der Waals surface area contributed by atoms with E-state index < -0.39 is 18.9 Å². The second-order valence-electron chi connectivity index (χ2n) is 2.93. The van der Waals surface area contributed by atoms with Crippen molar-refractivity contribution in [3.05, 3.63) is 22.4 Å². The molecule has 0 spiro atoms. The minimum Gasteiger partial charge on any atom is -0.345 e. The first-order valence-corrected chi connectivity index (χ1v) is 5.26. The molecule has 1 heterocycles. The molecule has 0 saturated carbocycles. The van der Waals surface area contributed by atoms with E-state index in [2.05, 4.69) is 21.2 Å². The fraction of sp³-hybridized carbons (Fsp3) is 0.444. The van der Waals surface area contributed by atoms with E-state index in [0.717, 1.165) is 4.47 Å². The number of carbonyl (C=O) groups is 1. The van der Waals surface area contributed by atoms with Crippen molar-refractivity contribution in [3.8, 4) is 0 Å². The van der Waals surface area contributed by atoms with Crippen molar-refractivity contribution in [1.29, 1.82) is 0 Å². The van der Waals surface area contributed by atoms with E-state index in [4.69, 9.17) is 0 Å². The van der Waals surface area contributed by atoms with Crippen LogP contribution in [0.25, 0.3) is 0 Å². The van der Waals surface area contributed by atoms with Crippen LogP contribution in [0, 0.1) is 0 Å². The minimum absolute atomic E-state index is 0.380. The average molecular weight is 281 g/mol. The molecule has 0 atom stereocenters. The van der Waals surface area contributed by atoms with Gasteiger partial charge in [-0.2, -0.15) is 0 Å². The third kappa shape index (κ3) is 3.30. The number of hydrogen-bond donors (Lipinski definition) is 1. The van der Waals surface area contributed by atoms with Gasteiger partial charge in [-0.15, -0.1) is 0 Å². The Morgan fingerprint density at radius 3 is 2.87 bits per heavy atom. The Morgan fingerprint density at radius 2 is 2.33 bits per heavy atom. The van der Waals surface area contributed by atoms with Gasteiger partial charge in [0.25, 0.3) is 12.3 Å². The maximum Gasteiger partial charge on any atom is 0.268 e. The largest absolute Gasteiger partial charge is 0.345 e. The zero-order valence-corrected chi connectivity index (χ0v) is 9.72. The van der Waals surface area contributed by atoms with Crippen LogP contribution in [-0.4, -0.2) is 23.4 Å². The molecule has 0 aliphatic carbocycles. The molecule has 1 rings (SSSR count). The molecule has 0 saturated heterocycles. The van der Waals surface area contributed by atoms with Gasteiger partial charge in [-0.3, -0.25) is 4.79 Å². The summed E-state index contributed by atoms with van der Waals surface area (Å²) >= 11 is 3.22. The highest BCUT2D eigenvalue weighted by molar-refractivity contribution is 9.10. The highest BCUT2D eigenvalue weighted by Crippen LogP contribution is 2.14. The summed E-state index contributed by atoms with van der Waals surface area (Å²) in [5, 5.41) is 2.16. The Kier molecular flexibility index (Phi) is 4.26. The molecule has 6 heteroatoms. The zero-order valence-electron chi connectivity index (χ0n) is 8.14. The molecule has 1 aromatic heterocycles. The minimum atomic E-state index is -2.53. The molecular formula is C9H11BrF2N2O. The molecule has 0 aliphatic rings. The lowest BCUT2D eigenvalue weighted by molar-refractivity contribution is 0.0883. The molecule has 0 radical (unpaired) electrons. The third-order valence-corrected chi connectivity index (χ3v) is 2.29. The summed E-state index contributed by atoms with van der Waals surface area (Å²) in [5.74, 6) is -0.483. The van der Waals surface area contributed by atoms with Gasteiger partial charge in [-0.25, -0.2) is 8.78 Å². The van der Waals surface area contributed by atoms with E-state index in [1.54, 1.807) is 16.8 Å². The van der Waals surface area contributed by atoms with E-state index in [1.807, 2.05) is 6.92 Å². The quantitative estimate of drug-likeness (QED) is 0.902. The molecule has 3 nitrogen and oxygen atoms in total. The maximum absolute atomic E-state index is 11.9. The highest BCUT2D eigenvalue weighted by Gasteiger charge is 2.13. The van der Waals surface area contributed by atoms with Crippen LogP contribution in [0.4, 0.5) is 8.78 Å². The number of alkyl halides is 2. The van der Waals surface area contributed by atoms with E-state index in [0.29, 0.717) is 12.2 Å². The summed E-state index contributed by atoms with van der Waals surface area (Å²) in [4.78, 5) is 11.5. The van der Waals surface area contributed by atoms with Crippen molar-refractivity contribution in [3.63, 3.8) is 0 Å². The topological polar surface area (TPSA) is 34.0 Å². The van der Waals surface area contributed by atoms with Crippen molar-refractivity contribution >= 4 is 21.8 Å². The van der Waals surface area contributed by atoms with Crippen LogP contribution in [-0.2, 0) is 6.54 Å². The Labute approximate surface area is 94.6 Å². The fourth-order valence-corrected chi connectivity index (χ4v) is 1.65. The van der Waals surface area contributed by atoms with Gasteiger partial charge in [-0.1, -0.05) is 0 Å². The smallest absolute Gasteiger partial charge is 0.268 e. The monoisotopic (exact) mass is 280 g/mol. The summed E-state index contributed by atoms with van der Waals surface area (Å²) < 4.78 is 26.2. The molecule has 0 aromatic carbocycles. The van der Waals surface area contributed by atoms with E-state index >= 15 is 0 Å². The van der Waals surface area contributed by atoms with Crippen molar-refractivity contribution in [2.24, 2.45) is 0 Å². The first-order chi connectivity index (χ1) is 7.04. The number of aryl methyl sites for hydroxylation is 1. The summed E-state index contributed by atoms with van der Waals surface area (Å²) in [6.07, 6.45) is -0.792. The standard InChI is InChI=1S/C9H11BrF2N2O/c1-2-14-5-6(10)3-7(14)9(15)13-4-8(11)12/h3,5,8H,2,4H2,1H3,(H,13,15). The van der Waals surface area contributed by atoms with Gasteiger partial charge in [0, 0.05) is 17.2 Å². The second-order valence-corrected chi connectivity index (χ2v) is 3.85. The first-order valence-electron chi connectivity index (χ1n) is 4.46. The van der Waals surface area contributed by atoms with E-state index in [9.17, 15) is 13.6 Å². The van der Waals surface area contributed by atoms with Crippen molar-refractivity contribution < 1.29 is 13.6 Å². The Bertz CT molecular complexity index is 352. The van der Waals surface area contributed by atoms with Gasteiger partial charge in [0.05, 0.1) is 6.54 Å². The van der Waals surface area contributed by atoms with Gasteiger partial charge in [0.1, 0.15) is 5.69 Å². The molecule has 15 heavy (non-hydrogen) atoms. The van der Waals surface area contributed by atoms with Crippen LogP contribution >= 0.6 is 15.9 Å². The molecule has 1 aromatic rings. The zero-order chi connectivity index (χ0) is 11.4. The van der Waals surface area contributed by atoms with Crippen LogP contribution in [0.2, 0.25) is 0 Å². The number of amides is 1. The lowest BCUT2D eigenvalue weighted by atomic mass is 10.4. The lowest BCUT2D eigenvalue weighted by Crippen LogP contribution is -2.30. The van der Waals surface area contributed by atoms with Crippen LogP contribution < -0.4 is 5.32 Å². The molecular weight excluding hydrogens is 270 g/mol. The van der Waals surface area contributed by atoms with Crippen LogP contribution in [0.15, 0.2) is 16.7 Å². The molecule has 0 fully saturated rings. The Morgan fingerprint density at radius 1 is 1.67 bits per heavy atom. The predicted molar refractivity (Wildman–Crippen MR) is 56.1 cm³/mol. The summed E-state index contributed by atoms with van der Waals surface area (Å²) in [7, 11) is 0. The van der Waals surface area contributed by atoms with Crippen LogP contribution in [0.1, 0.15) is 17.4 Å². The number of aromatic nitrogens is 1. The first kappa shape index (κ1) is 12.2. The normalized spacial score (nSPS) is 10.7. The molecule has 0 unspecified atom stereocenters. The number of rotatable bonds is 4. The summed E-state index contributed by atoms with van der Waals surface area (Å²) in [6, 6.07) is 1.60. The van der Waals surface area contributed by atoms with E-state index in [1.165, 1.54) is 0 Å². The summed E-state index contributed by atoms with van der Waals surface area (Å²) in [6.45, 7) is 1.87. The van der Waals surface area contributed by atoms with Crippen molar-refractivity contribution in [2.75, 3.05) is 6.54 Å². The predicted octanol–water partition coefficient (Wildman–Crippen LogP) is 2.27. The lowest BCUT2D eigenvalue weighted by Gasteiger charge is -2.06. The molecule has 84 valence electrons. The van der Waals surface area contributed by atoms with Gasteiger partial charge in [0.15, 0.2) is 0 Å². The van der Waals surface area contributed by atoms with Crippen molar-refractivity contribution in [1.82, 2.24) is 9.88 Å². The average Bonchev–Trinajstić information content (AvgIpc) is 2.56. The number of nitrogens with one attached hydrogen (secondary N) is 1. The molecule has 1 amide bonds. The van der Waals surface area contributed by atoms with Crippen LogP contribution in [0.5, 0.6) is 0 Å². The summed E-state index contributed by atoms with van der Waals surface area (Å²) in [5.41, 5.74) is 0.380. The van der Waals surface area contributed by atoms with Crippen LogP contribution in [0.3, 0.4) is 0 Å². The van der Waals surface area contributed by atoms with Gasteiger partial charge < -0.3 is 9.88 Å². The van der Waals surface area contributed by atoms with E-state index in [-0.39, 0.29) is 0 Å². The molecule has 1 N–H and O–H groups in total. The third-order valence-electron chi connectivity index (χ3n) is 1.85. The van der Waals surface area contributed by atoms with Gasteiger partial charge in [0.2, 0.25) is 0 Å². The fourth-order valence-electron chi connectivity index (χ4n) is 1.19. The maximum atomic E-state index is 11.9. The number of nitrogens with zero attached hydrogens (tertiary/aromatic N) is 1. The Hall–Kier alpha value is -0.910. The number of halogens is 3. The number of carbonyl (C=O) groups excluding carboxylic acids is 1. The molecule has 0 aliphatic heterocycles. The molecule has 0 bridgehead atoms. The number of hydrogen-bond acceptors (Lipinski definition) is 1. The SMILES string of the molecule is CCn1cc(Br)cc1C(=O)NCC(F)F.